The fourth-order valence-electron chi connectivity index (χ4n) is 3.59. The Balaban J connectivity index is 1.61. The number of rotatable bonds is 8. The molecule has 1 saturated carbocycles. The minimum absolute atomic E-state index is 0.0668. The van der Waals surface area contributed by atoms with E-state index in [2.05, 4.69) is 10.1 Å². The Morgan fingerprint density at radius 1 is 1.17 bits per heavy atom. The first-order valence-electron chi connectivity index (χ1n) is 10.1. The largest absolute Gasteiger partial charge is 0.438 e. The number of nitrogens with two attached hydrogens (primary N) is 1. The summed E-state index contributed by atoms with van der Waals surface area (Å²) in [6, 6.07) is 13.1. The first-order chi connectivity index (χ1) is 14.2. The highest BCUT2D eigenvalue weighted by Crippen LogP contribution is 2.23. The fraction of sp³-hybridized carbons (Fsp3) is 0.409. The van der Waals surface area contributed by atoms with Crippen LogP contribution in [0.2, 0.25) is 0 Å². The first kappa shape index (κ1) is 20.6. The second kappa shape index (κ2) is 10.5. The van der Waals surface area contributed by atoms with Crippen LogP contribution in [0.3, 0.4) is 0 Å². The highest BCUT2D eigenvalue weighted by molar-refractivity contribution is 5.99. The van der Waals surface area contributed by atoms with E-state index in [4.69, 9.17) is 15.3 Å². The number of benzene rings is 1. The lowest BCUT2D eigenvalue weighted by Gasteiger charge is -2.33. The molecule has 1 fully saturated rings. The van der Waals surface area contributed by atoms with Gasteiger partial charge in [0.15, 0.2) is 12.4 Å². The second-order valence-corrected chi connectivity index (χ2v) is 6.99. The number of nitrogens with zero attached hydrogens (tertiary/aromatic N) is 3. The van der Waals surface area contributed by atoms with Crippen molar-refractivity contribution in [3.63, 3.8) is 0 Å². The maximum absolute atomic E-state index is 12.6. The average Bonchev–Trinajstić information content (AvgIpc) is 2.76. The smallest absolute Gasteiger partial charge is 0.263 e. The van der Waals surface area contributed by atoms with E-state index >= 15 is 0 Å². The van der Waals surface area contributed by atoms with Gasteiger partial charge in [0.05, 0.1) is 5.56 Å². The summed E-state index contributed by atoms with van der Waals surface area (Å²) < 4.78 is 5.79. The molecule has 7 heteroatoms. The molecule has 0 aliphatic heterocycles. The predicted molar refractivity (Wildman–Crippen MR) is 112 cm³/mol. The highest BCUT2D eigenvalue weighted by atomic mass is 16.6. The standard InChI is InChI=1S/C22H28N4O3/c1-2-26(17-10-5-3-6-11-17)20(27)16-28-25-21(23)19-14-9-15-24-22(19)29-18-12-7-4-8-13-18/h4,7-9,12-15,17H,2-3,5-6,10-11,16H2,1H3,(H2,23,25). The minimum atomic E-state index is -0.139. The number of hydrogen-bond acceptors (Lipinski definition) is 5. The summed E-state index contributed by atoms with van der Waals surface area (Å²) in [5.41, 5.74) is 6.57. The van der Waals surface area contributed by atoms with E-state index in [-0.39, 0.29) is 18.3 Å². The van der Waals surface area contributed by atoms with Gasteiger partial charge in [0.25, 0.3) is 5.91 Å². The van der Waals surface area contributed by atoms with E-state index in [1.54, 1.807) is 18.3 Å². The third kappa shape index (κ3) is 5.70. The van der Waals surface area contributed by atoms with E-state index in [0.717, 1.165) is 12.8 Å². The Labute approximate surface area is 171 Å². The maximum atomic E-state index is 12.6. The summed E-state index contributed by atoms with van der Waals surface area (Å²) in [6.07, 6.45) is 7.32. The number of carbonyl (C=O) groups is 1. The number of likely N-dealkylation sites (N-methyl/N-ethyl adjacent to an activating group) is 1. The van der Waals surface area contributed by atoms with Crippen LogP contribution in [0.1, 0.15) is 44.6 Å². The van der Waals surface area contributed by atoms with Crippen molar-refractivity contribution < 1.29 is 14.4 Å². The van der Waals surface area contributed by atoms with Crippen molar-refractivity contribution in [2.75, 3.05) is 13.2 Å². The molecule has 0 bridgehead atoms. The van der Waals surface area contributed by atoms with Gasteiger partial charge in [-0.15, -0.1) is 0 Å². The zero-order valence-electron chi connectivity index (χ0n) is 16.8. The number of hydrogen-bond donors (Lipinski definition) is 1. The van der Waals surface area contributed by atoms with Gasteiger partial charge in [-0.3, -0.25) is 4.79 Å². The van der Waals surface area contributed by atoms with Gasteiger partial charge >= 0.3 is 0 Å². The monoisotopic (exact) mass is 396 g/mol. The van der Waals surface area contributed by atoms with Crippen molar-refractivity contribution in [3.8, 4) is 11.6 Å². The van der Waals surface area contributed by atoms with Crippen LogP contribution < -0.4 is 10.5 Å². The lowest BCUT2D eigenvalue weighted by atomic mass is 9.94. The van der Waals surface area contributed by atoms with E-state index in [1.165, 1.54) is 19.3 Å². The Morgan fingerprint density at radius 3 is 2.66 bits per heavy atom. The van der Waals surface area contributed by atoms with Gasteiger partial charge in [0.1, 0.15) is 5.75 Å². The molecule has 0 radical (unpaired) electrons. The zero-order chi connectivity index (χ0) is 20.5. The van der Waals surface area contributed by atoms with E-state index in [9.17, 15) is 4.79 Å². The number of ether oxygens (including phenoxy) is 1. The summed E-state index contributed by atoms with van der Waals surface area (Å²) in [5, 5.41) is 3.93. The van der Waals surface area contributed by atoms with Crippen LogP contribution in [-0.4, -0.2) is 40.8 Å². The van der Waals surface area contributed by atoms with Crippen molar-refractivity contribution in [1.29, 1.82) is 0 Å². The quantitative estimate of drug-likeness (QED) is 0.417. The van der Waals surface area contributed by atoms with Crippen LogP contribution in [-0.2, 0) is 9.63 Å². The number of amides is 1. The van der Waals surface area contributed by atoms with Crippen LogP contribution in [0.4, 0.5) is 0 Å². The van der Waals surface area contributed by atoms with E-state index < -0.39 is 0 Å². The molecule has 0 saturated heterocycles. The van der Waals surface area contributed by atoms with E-state index in [0.29, 0.717) is 29.8 Å². The molecule has 3 rings (SSSR count). The molecule has 0 atom stereocenters. The topological polar surface area (TPSA) is 90.0 Å². The van der Waals surface area contributed by atoms with Crippen LogP contribution in [0.25, 0.3) is 0 Å². The average molecular weight is 396 g/mol. The molecule has 0 unspecified atom stereocenters. The Kier molecular flexibility index (Phi) is 7.44. The summed E-state index contributed by atoms with van der Waals surface area (Å²) in [5.74, 6) is 1.01. The van der Waals surface area contributed by atoms with Gasteiger partial charge in [-0.05, 0) is 44.0 Å². The molecule has 1 heterocycles. The number of aromatic nitrogens is 1. The number of para-hydroxylation sites is 1. The molecular formula is C22H28N4O3. The predicted octanol–water partition coefficient (Wildman–Crippen LogP) is 3.69. The molecule has 1 aliphatic carbocycles. The third-order valence-corrected chi connectivity index (χ3v) is 5.03. The zero-order valence-corrected chi connectivity index (χ0v) is 16.8. The number of pyridine rings is 1. The molecule has 1 aliphatic rings. The lowest BCUT2D eigenvalue weighted by molar-refractivity contribution is -0.138. The molecule has 2 N–H and O–H groups in total. The minimum Gasteiger partial charge on any atom is -0.438 e. The van der Waals surface area contributed by atoms with Gasteiger partial charge in [0, 0.05) is 18.8 Å². The molecule has 1 amide bonds. The van der Waals surface area contributed by atoms with Crippen molar-refractivity contribution >= 4 is 11.7 Å². The first-order valence-corrected chi connectivity index (χ1v) is 10.1. The van der Waals surface area contributed by atoms with Crippen molar-refractivity contribution in [1.82, 2.24) is 9.88 Å². The Hall–Kier alpha value is -3.09. The van der Waals surface area contributed by atoms with Crippen molar-refractivity contribution in [3.05, 3.63) is 54.2 Å². The molecule has 1 aromatic carbocycles. The summed E-state index contributed by atoms with van der Waals surface area (Å²) in [4.78, 5) is 23.9. The summed E-state index contributed by atoms with van der Waals surface area (Å²) >= 11 is 0. The highest BCUT2D eigenvalue weighted by Gasteiger charge is 2.24. The second-order valence-electron chi connectivity index (χ2n) is 6.99. The lowest BCUT2D eigenvalue weighted by Crippen LogP contribution is -2.43. The summed E-state index contributed by atoms with van der Waals surface area (Å²) in [7, 11) is 0. The molecular weight excluding hydrogens is 368 g/mol. The maximum Gasteiger partial charge on any atom is 0.263 e. The van der Waals surface area contributed by atoms with Crippen LogP contribution in [0.5, 0.6) is 11.6 Å². The van der Waals surface area contributed by atoms with Crippen LogP contribution in [0.15, 0.2) is 53.8 Å². The molecule has 2 aromatic rings. The Morgan fingerprint density at radius 2 is 1.93 bits per heavy atom. The fourth-order valence-corrected chi connectivity index (χ4v) is 3.59. The van der Waals surface area contributed by atoms with Gasteiger partial charge in [-0.25, -0.2) is 4.98 Å². The van der Waals surface area contributed by atoms with E-state index in [1.807, 2.05) is 42.2 Å². The van der Waals surface area contributed by atoms with Crippen molar-refractivity contribution in [2.45, 2.75) is 45.1 Å². The molecule has 1 aromatic heterocycles. The Bertz CT molecular complexity index is 820. The van der Waals surface area contributed by atoms with Crippen LogP contribution >= 0.6 is 0 Å². The molecule has 7 nitrogen and oxygen atoms in total. The van der Waals surface area contributed by atoms with Crippen LogP contribution in [0, 0.1) is 0 Å². The van der Waals surface area contributed by atoms with Crippen molar-refractivity contribution in [2.24, 2.45) is 10.9 Å². The normalized spacial score (nSPS) is 15.0. The SMILES string of the molecule is CCN(C(=O)CO/N=C(/N)c1cccnc1Oc1ccccc1)C1CCCCC1. The molecule has 29 heavy (non-hydrogen) atoms. The molecule has 154 valence electrons. The summed E-state index contributed by atoms with van der Waals surface area (Å²) in [6.45, 7) is 2.52. The number of amidine groups is 1. The van der Waals surface area contributed by atoms with Gasteiger partial charge in [0.2, 0.25) is 5.88 Å². The van der Waals surface area contributed by atoms with Gasteiger partial charge in [-0.2, -0.15) is 0 Å². The number of oxime groups is 1. The third-order valence-electron chi connectivity index (χ3n) is 5.03. The number of carbonyl (C=O) groups excluding carboxylic acids is 1. The molecule has 0 spiro atoms. The van der Waals surface area contributed by atoms with Gasteiger partial charge in [-0.1, -0.05) is 42.6 Å². The van der Waals surface area contributed by atoms with Gasteiger partial charge < -0.3 is 20.2 Å².